The predicted molar refractivity (Wildman–Crippen MR) is 35.2 cm³/mol. The molecule has 0 amide bonds. The molecule has 2 aliphatic heterocycles. The molecule has 4 nitrogen and oxygen atoms in total. The van der Waals surface area contributed by atoms with Crippen molar-refractivity contribution in [3.05, 3.63) is 0 Å². The summed E-state index contributed by atoms with van der Waals surface area (Å²) in [4.78, 5) is 0. The van der Waals surface area contributed by atoms with Gasteiger partial charge in [0.05, 0.1) is 0 Å². The number of hydrogen-bond donors (Lipinski definition) is 4. The number of hydrogen-bond acceptors (Lipinski definition) is 1. The number of nitrogens with two attached hydrogens (primary N) is 2. The second-order valence-electron chi connectivity index (χ2n) is 2.38. The summed E-state index contributed by atoms with van der Waals surface area (Å²) in [5.41, 5.74) is 0. The lowest BCUT2D eigenvalue weighted by Gasteiger charge is -1.96. The fourth-order valence-corrected chi connectivity index (χ4v) is 1.58. The molecule has 0 aromatic carbocycles. The van der Waals surface area contributed by atoms with Gasteiger partial charge in [0.15, 0.2) is 5.11 Å². The summed E-state index contributed by atoms with van der Waals surface area (Å²) in [6.07, 6.45) is 0.940. The summed E-state index contributed by atoms with van der Waals surface area (Å²) in [7, 11) is 0. The molecule has 2 aliphatic rings. The molecule has 2 heterocycles. The molecule has 2 unspecified atom stereocenters. The molecule has 7 heteroatoms. The average Bonchev–Trinajstić information content (AvgIpc) is 2.22. The van der Waals surface area contributed by atoms with Gasteiger partial charge in [0, 0.05) is 0 Å². The first-order valence-electron chi connectivity index (χ1n) is 3.10. The van der Waals surface area contributed by atoms with Crippen LogP contribution >= 0.6 is 12.2 Å². The first-order valence-corrected chi connectivity index (χ1v) is 3.51. The molecule has 0 aromatic heterocycles. The minimum absolute atomic E-state index is 0. The second-order valence-corrected chi connectivity index (χ2v) is 2.78. The molecule has 66 valence electrons. The van der Waals surface area contributed by atoms with E-state index in [1.807, 2.05) is 0 Å². The SMILES string of the molecule is S=C1NC2[NH2+]C[NH2+]C2N1.[Cl-].[Cl-]. The van der Waals surface area contributed by atoms with Gasteiger partial charge in [-0.25, -0.2) is 0 Å². The molecular weight excluding hydrogens is 207 g/mol. The molecule has 2 saturated heterocycles. The van der Waals surface area contributed by atoms with E-state index < -0.39 is 0 Å². The van der Waals surface area contributed by atoms with E-state index >= 15 is 0 Å². The van der Waals surface area contributed by atoms with E-state index in [9.17, 15) is 0 Å². The Hall–Kier alpha value is 0.190. The van der Waals surface area contributed by atoms with Crippen LogP contribution in [-0.4, -0.2) is 24.1 Å². The van der Waals surface area contributed by atoms with Crippen LogP contribution in [0.1, 0.15) is 0 Å². The number of quaternary nitrogens is 2. The van der Waals surface area contributed by atoms with E-state index in [-0.39, 0.29) is 24.8 Å². The van der Waals surface area contributed by atoms with Crippen LogP contribution in [-0.2, 0) is 0 Å². The van der Waals surface area contributed by atoms with Gasteiger partial charge >= 0.3 is 0 Å². The van der Waals surface area contributed by atoms with E-state index in [4.69, 9.17) is 12.2 Å². The van der Waals surface area contributed by atoms with Crippen LogP contribution in [0.2, 0.25) is 0 Å². The number of fused-ring (bicyclic) bond motifs is 1. The summed E-state index contributed by atoms with van der Waals surface area (Å²) < 4.78 is 0. The van der Waals surface area contributed by atoms with Gasteiger partial charge in [-0.1, -0.05) is 0 Å². The van der Waals surface area contributed by atoms with Gasteiger partial charge in [-0.15, -0.1) is 0 Å². The lowest BCUT2D eigenvalue weighted by atomic mass is 10.4. The second kappa shape index (κ2) is 4.27. The number of halogens is 2. The molecule has 0 saturated carbocycles. The zero-order valence-corrected chi connectivity index (χ0v) is 8.01. The average molecular weight is 217 g/mol. The molecule has 2 atom stereocenters. The Labute approximate surface area is 82.7 Å². The quantitative estimate of drug-likeness (QED) is 0.305. The number of thiocarbonyl (C=S) groups is 1. The molecule has 11 heavy (non-hydrogen) atoms. The highest BCUT2D eigenvalue weighted by atomic mass is 35.5. The number of nitrogens with one attached hydrogen (secondary N) is 2. The van der Waals surface area contributed by atoms with Gasteiger partial charge in [0.1, 0.15) is 0 Å². The van der Waals surface area contributed by atoms with Crippen molar-refractivity contribution in [2.45, 2.75) is 12.3 Å². The van der Waals surface area contributed by atoms with Crippen molar-refractivity contribution in [3.63, 3.8) is 0 Å². The van der Waals surface area contributed by atoms with Gasteiger partial charge in [-0.2, -0.15) is 0 Å². The first kappa shape index (κ1) is 11.2. The lowest BCUT2D eigenvalue weighted by molar-refractivity contribution is -0.802. The highest BCUT2D eigenvalue weighted by Gasteiger charge is 2.40. The number of rotatable bonds is 0. The highest BCUT2D eigenvalue weighted by Crippen LogP contribution is 1.86. The van der Waals surface area contributed by atoms with E-state index in [1.165, 1.54) is 0 Å². The Morgan fingerprint density at radius 1 is 1.18 bits per heavy atom. The smallest absolute Gasteiger partial charge is 0.239 e. The van der Waals surface area contributed by atoms with E-state index in [0.717, 1.165) is 11.8 Å². The van der Waals surface area contributed by atoms with Crippen molar-refractivity contribution in [2.75, 3.05) is 6.67 Å². The van der Waals surface area contributed by atoms with E-state index in [0.29, 0.717) is 12.3 Å². The predicted octanol–water partition coefficient (Wildman–Crippen LogP) is -9.78. The minimum Gasteiger partial charge on any atom is -1.00 e. The van der Waals surface area contributed by atoms with Gasteiger partial charge in [0.2, 0.25) is 19.0 Å². The highest BCUT2D eigenvalue weighted by molar-refractivity contribution is 7.80. The van der Waals surface area contributed by atoms with Gasteiger partial charge in [-0.3, -0.25) is 10.6 Å². The summed E-state index contributed by atoms with van der Waals surface area (Å²) in [5.74, 6) is 0. The molecular formula is C4H10Cl2N4S. The Kier molecular flexibility index (Phi) is 4.35. The standard InChI is InChI=1S/C4H8N4S.2ClH/c9-4-7-2-3(8-4)6-1-5-2;;/h2-3,5-6H,1H2,(H2,7,8,9);2*1H. The maximum atomic E-state index is 4.91. The maximum absolute atomic E-state index is 4.91. The third-order valence-electron chi connectivity index (χ3n) is 1.76. The Bertz CT molecular complexity index is 141. The van der Waals surface area contributed by atoms with Crippen molar-refractivity contribution in [1.82, 2.24) is 10.6 Å². The van der Waals surface area contributed by atoms with Gasteiger partial charge < -0.3 is 35.4 Å². The van der Waals surface area contributed by atoms with Crippen LogP contribution in [0.15, 0.2) is 0 Å². The Morgan fingerprint density at radius 3 is 2.09 bits per heavy atom. The molecule has 0 radical (unpaired) electrons. The van der Waals surface area contributed by atoms with Crippen LogP contribution in [0.4, 0.5) is 0 Å². The van der Waals surface area contributed by atoms with Crippen LogP contribution < -0.4 is 46.1 Å². The van der Waals surface area contributed by atoms with Crippen LogP contribution in [0, 0.1) is 0 Å². The minimum atomic E-state index is 0. The third kappa shape index (κ3) is 2.07. The summed E-state index contributed by atoms with van der Waals surface area (Å²) in [6, 6.07) is 0. The molecule has 0 aliphatic carbocycles. The van der Waals surface area contributed by atoms with E-state index in [2.05, 4.69) is 21.3 Å². The van der Waals surface area contributed by atoms with Gasteiger partial charge in [-0.05, 0) is 12.2 Å². The topological polar surface area (TPSA) is 57.3 Å². The zero-order valence-electron chi connectivity index (χ0n) is 5.68. The molecule has 6 N–H and O–H groups in total. The normalized spacial score (nSPS) is 32.5. The molecule has 2 fully saturated rings. The fourth-order valence-electron chi connectivity index (χ4n) is 1.31. The van der Waals surface area contributed by atoms with Crippen molar-refractivity contribution in [2.24, 2.45) is 0 Å². The lowest BCUT2D eigenvalue weighted by Crippen LogP contribution is -3.00. The summed E-state index contributed by atoms with van der Waals surface area (Å²) in [6.45, 7) is 1.10. The van der Waals surface area contributed by atoms with Crippen molar-refractivity contribution in [1.29, 1.82) is 0 Å². The summed E-state index contributed by atoms with van der Waals surface area (Å²) >= 11 is 4.91. The fraction of sp³-hybridized carbons (Fsp3) is 0.750. The zero-order chi connectivity index (χ0) is 6.27. The van der Waals surface area contributed by atoms with Crippen molar-refractivity contribution >= 4 is 17.3 Å². The van der Waals surface area contributed by atoms with Crippen molar-refractivity contribution in [3.8, 4) is 0 Å². The summed E-state index contributed by atoms with van der Waals surface area (Å²) in [5, 5.41) is 11.6. The van der Waals surface area contributed by atoms with Crippen LogP contribution in [0.3, 0.4) is 0 Å². The molecule has 2 rings (SSSR count). The first-order chi connectivity index (χ1) is 4.36. The molecule has 0 bridgehead atoms. The molecule has 0 aromatic rings. The van der Waals surface area contributed by atoms with Crippen LogP contribution in [0.5, 0.6) is 0 Å². The molecule has 0 spiro atoms. The third-order valence-corrected chi connectivity index (χ3v) is 2.00. The van der Waals surface area contributed by atoms with Crippen LogP contribution in [0.25, 0.3) is 0 Å². The Morgan fingerprint density at radius 2 is 1.64 bits per heavy atom. The largest absolute Gasteiger partial charge is 1.00 e. The van der Waals surface area contributed by atoms with Crippen molar-refractivity contribution < 1.29 is 35.4 Å². The monoisotopic (exact) mass is 216 g/mol. The van der Waals surface area contributed by atoms with Gasteiger partial charge in [0.25, 0.3) is 0 Å². The van der Waals surface area contributed by atoms with E-state index in [1.54, 1.807) is 0 Å². The maximum Gasteiger partial charge on any atom is 0.239 e. The Balaban J connectivity index is 0.000000500.